The van der Waals surface area contributed by atoms with Gasteiger partial charge in [-0.2, -0.15) is 5.10 Å². The molecule has 0 spiro atoms. The van der Waals surface area contributed by atoms with E-state index in [1.165, 1.54) is 19.3 Å². The van der Waals surface area contributed by atoms with Gasteiger partial charge in [0, 0.05) is 18.3 Å². The third kappa shape index (κ3) is 2.97. The van der Waals surface area contributed by atoms with Crippen molar-refractivity contribution in [1.29, 1.82) is 0 Å². The van der Waals surface area contributed by atoms with Crippen molar-refractivity contribution in [3.63, 3.8) is 0 Å². The Balaban J connectivity index is 1.40. The minimum atomic E-state index is -0.488. The van der Waals surface area contributed by atoms with Crippen LogP contribution in [-0.4, -0.2) is 26.3 Å². The molecule has 4 heteroatoms. The summed E-state index contributed by atoms with van der Waals surface area (Å²) in [5.41, 5.74) is 1.55. The molecule has 0 aliphatic heterocycles. The van der Waals surface area contributed by atoms with Gasteiger partial charge >= 0.3 is 0 Å². The Kier molecular flexibility index (Phi) is 4.40. The van der Waals surface area contributed by atoms with Crippen LogP contribution in [0.1, 0.15) is 72.1 Å². The summed E-state index contributed by atoms with van der Waals surface area (Å²) in [6.07, 6.45) is 14.9. The number of allylic oxidation sites excluding steroid dienone is 2. The van der Waals surface area contributed by atoms with E-state index in [-0.39, 0.29) is 16.7 Å². The van der Waals surface area contributed by atoms with E-state index in [1.807, 2.05) is 19.2 Å². The number of hydrogen-bond acceptors (Lipinski definition) is 3. The smallest absolute Gasteiger partial charge is 0.157 e. The van der Waals surface area contributed by atoms with Crippen LogP contribution in [0.25, 0.3) is 0 Å². The third-order valence-corrected chi connectivity index (χ3v) is 9.58. The van der Waals surface area contributed by atoms with Gasteiger partial charge in [0.1, 0.15) is 0 Å². The molecule has 3 saturated carbocycles. The van der Waals surface area contributed by atoms with Gasteiger partial charge in [-0.05, 0) is 92.9 Å². The largest absolute Gasteiger partial charge is 0.390 e. The maximum Gasteiger partial charge on any atom is 0.157 e. The summed E-state index contributed by atoms with van der Waals surface area (Å²) < 4.78 is 1.78. The van der Waals surface area contributed by atoms with Crippen LogP contribution < -0.4 is 0 Å². The van der Waals surface area contributed by atoms with Crippen molar-refractivity contribution in [3.8, 4) is 0 Å². The monoisotopic (exact) mass is 396 g/mol. The number of aliphatic hydroxyl groups is 1. The zero-order valence-electron chi connectivity index (χ0n) is 18.2. The van der Waals surface area contributed by atoms with Gasteiger partial charge in [0.05, 0.1) is 12.1 Å². The van der Waals surface area contributed by atoms with Gasteiger partial charge in [-0.3, -0.25) is 9.48 Å². The minimum Gasteiger partial charge on any atom is -0.390 e. The Morgan fingerprint density at radius 3 is 2.79 bits per heavy atom. The number of aromatic nitrogens is 2. The summed E-state index contributed by atoms with van der Waals surface area (Å²) in [5, 5.41) is 14.9. The minimum absolute atomic E-state index is 0.0990. The first kappa shape index (κ1) is 19.5. The van der Waals surface area contributed by atoms with Crippen molar-refractivity contribution < 1.29 is 9.90 Å². The molecule has 3 fully saturated rings. The van der Waals surface area contributed by atoms with Gasteiger partial charge in [0.2, 0.25) is 0 Å². The van der Waals surface area contributed by atoms with Gasteiger partial charge in [0.15, 0.2) is 5.78 Å². The van der Waals surface area contributed by atoms with E-state index in [0.29, 0.717) is 30.1 Å². The SMILES string of the molecule is C[C@@]1(O)CC[C@]2(C)C3=CC[C@]4(C)[C@@H](C(=O)Cn5cccn5)CC[C@H]4[C@@H]3CC[C@H]2C1. The van der Waals surface area contributed by atoms with E-state index in [0.717, 1.165) is 32.1 Å². The second kappa shape index (κ2) is 6.54. The molecule has 29 heavy (non-hydrogen) atoms. The molecule has 0 unspecified atom stereocenters. The van der Waals surface area contributed by atoms with Crippen LogP contribution in [0.4, 0.5) is 0 Å². The quantitative estimate of drug-likeness (QED) is 0.748. The van der Waals surface area contributed by atoms with Crippen LogP contribution in [0.5, 0.6) is 0 Å². The van der Waals surface area contributed by atoms with Gasteiger partial charge in [0.25, 0.3) is 0 Å². The predicted octanol–water partition coefficient (Wildman–Crippen LogP) is 4.78. The van der Waals surface area contributed by atoms with E-state index in [1.54, 1.807) is 16.5 Å². The van der Waals surface area contributed by atoms with Crippen molar-refractivity contribution in [2.75, 3.05) is 0 Å². The normalized spacial score (nSPS) is 46.4. The Morgan fingerprint density at radius 1 is 1.21 bits per heavy atom. The summed E-state index contributed by atoms with van der Waals surface area (Å²) in [5.74, 6) is 2.41. The lowest BCUT2D eigenvalue weighted by molar-refractivity contribution is -0.128. The van der Waals surface area contributed by atoms with E-state index in [2.05, 4.69) is 25.0 Å². The number of fused-ring (bicyclic) bond motifs is 5. The summed E-state index contributed by atoms with van der Waals surface area (Å²) in [6.45, 7) is 7.31. The molecule has 1 N–H and O–H groups in total. The molecule has 1 aromatic heterocycles. The topological polar surface area (TPSA) is 55.1 Å². The van der Waals surface area contributed by atoms with Crippen molar-refractivity contribution in [1.82, 2.24) is 9.78 Å². The molecule has 158 valence electrons. The highest BCUT2D eigenvalue weighted by Gasteiger charge is 2.58. The maximum atomic E-state index is 13.2. The number of ketones is 1. The average Bonchev–Trinajstić information content (AvgIpc) is 3.29. The molecule has 7 atom stereocenters. The Morgan fingerprint density at radius 2 is 2.03 bits per heavy atom. The molecule has 5 rings (SSSR count). The Bertz CT molecular complexity index is 826. The highest BCUT2D eigenvalue weighted by molar-refractivity contribution is 5.82. The van der Waals surface area contributed by atoms with Crippen molar-refractivity contribution in [2.45, 2.75) is 84.3 Å². The molecule has 0 amide bonds. The maximum absolute atomic E-state index is 13.2. The van der Waals surface area contributed by atoms with Crippen LogP contribution in [0.2, 0.25) is 0 Å². The molecule has 0 radical (unpaired) electrons. The number of rotatable bonds is 3. The zero-order valence-corrected chi connectivity index (χ0v) is 18.2. The molecular formula is C25H36N2O2. The Hall–Kier alpha value is -1.42. The molecule has 0 saturated heterocycles. The fourth-order valence-corrected chi connectivity index (χ4v) is 7.90. The van der Waals surface area contributed by atoms with E-state index >= 15 is 0 Å². The fraction of sp³-hybridized carbons (Fsp3) is 0.760. The van der Waals surface area contributed by atoms with Gasteiger partial charge in [-0.1, -0.05) is 25.5 Å². The van der Waals surface area contributed by atoms with E-state index in [9.17, 15) is 9.90 Å². The molecule has 4 nitrogen and oxygen atoms in total. The Labute approximate surface area is 174 Å². The average molecular weight is 397 g/mol. The molecule has 1 aromatic rings. The summed E-state index contributed by atoms with van der Waals surface area (Å²) in [7, 11) is 0. The second-order valence-corrected chi connectivity index (χ2v) is 11.3. The van der Waals surface area contributed by atoms with Crippen molar-refractivity contribution in [3.05, 3.63) is 30.1 Å². The van der Waals surface area contributed by atoms with Crippen LogP contribution >= 0.6 is 0 Å². The van der Waals surface area contributed by atoms with Crippen LogP contribution in [0, 0.1) is 34.5 Å². The van der Waals surface area contributed by atoms with Crippen LogP contribution in [-0.2, 0) is 11.3 Å². The lowest BCUT2D eigenvalue weighted by atomic mass is 9.47. The summed E-state index contributed by atoms with van der Waals surface area (Å²) in [4.78, 5) is 13.2. The zero-order chi connectivity index (χ0) is 20.4. The molecule has 0 aromatic carbocycles. The molecule has 1 heterocycles. The second-order valence-electron chi connectivity index (χ2n) is 11.3. The predicted molar refractivity (Wildman–Crippen MR) is 113 cm³/mol. The van der Waals surface area contributed by atoms with Gasteiger partial charge < -0.3 is 5.11 Å². The molecule has 4 aliphatic rings. The molecule has 0 bridgehead atoms. The standard InChI is InChI=1S/C25H36N2O2/c1-23(29)11-12-24(2)17(15-23)5-6-18-19-7-8-21(25(19,3)10-9-20(18)24)22(28)16-27-14-4-13-26-27/h4,9,13-14,17-19,21,29H,5-8,10-12,15-16H2,1-3H3/t17-,18-,19-,21+,23+,24-,25-/m0/s1. The van der Waals surface area contributed by atoms with Crippen molar-refractivity contribution in [2.24, 2.45) is 34.5 Å². The summed E-state index contributed by atoms with van der Waals surface area (Å²) in [6, 6.07) is 1.89. The molecular weight excluding hydrogens is 360 g/mol. The first-order valence-corrected chi connectivity index (χ1v) is 11.7. The van der Waals surface area contributed by atoms with Crippen LogP contribution in [0.3, 0.4) is 0 Å². The number of hydrogen-bond donors (Lipinski definition) is 1. The number of carbonyl (C=O) groups is 1. The lowest BCUT2D eigenvalue weighted by Gasteiger charge is -2.58. The molecule has 4 aliphatic carbocycles. The number of carbonyl (C=O) groups excluding carboxylic acids is 1. The summed E-state index contributed by atoms with van der Waals surface area (Å²) >= 11 is 0. The van der Waals surface area contributed by atoms with Crippen LogP contribution in [0.15, 0.2) is 30.1 Å². The fourth-order valence-electron chi connectivity index (χ4n) is 7.90. The number of nitrogens with zero attached hydrogens (tertiary/aromatic N) is 2. The van der Waals surface area contributed by atoms with Crippen molar-refractivity contribution >= 4 is 5.78 Å². The lowest BCUT2D eigenvalue weighted by Crippen LogP contribution is -2.51. The first-order chi connectivity index (χ1) is 13.7. The van der Waals surface area contributed by atoms with E-state index in [4.69, 9.17) is 0 Å². The highest BCUT2D eigenvalue weighted by Crippen LogP contribution is 2.66. The number of Topliss-reactive ketones (excluding diaryl/α,β-unsaturated/α-hetero) is 1. The van der Waals surface area contributed by atoms with Gasteiger partial charge in [-0.15, -0.1) is 0 Å². The third-order valence-electron chi connectivity index (χ3n) is 9.58. The highest BCUT2D eigenvalue weighted by atomic mass is 16.3. The first-order valence-electron chi connectivity index (χ1n) is 11.7. The van der Waals surface area contributed by atoms with Gasteiger partial charge in [-0.25, -0.2) is 0 Å². The van der Waals surface area contributed by atoms with E-state index < -0.39 is 5.60 Å².